The third-order valence-corrected chi connectivity index (χ3v) is 7.45. The molecule has 3 atom stereocenters. The quantitative estimate of drug-likeness (QED) is 0.0459. The number of amides is 1. The highest BCUT2D eigenvalue weighted by molar-refractivity contribution is 7.45. The number of quaternary nitrogens is 1. The van der Waals surface area contributed by atoms with Crippen LogP contribution in [0.2, 0.25) is 0 Å². The molecule has 0 spiro atoms. The lowest BCUT2D eigenvalue weighted by atomic mass is 10.1. The number of rotatable bonds is 27. The minimum absolute atomic E-state index is 0.0127. The highest BCUT2D eigenvalue weighted by Gasteiger charge is 2.23. The van der Waals surface area contributed by atoms with Gasteiger partial charge in [0.1, 0.15) is 13.2 Å². The molecule has 0 saturated carbocycles. The molecule has 2 N–H and O–H groups in total. The molecule has 8 nitrogen and oxygen atoms in total. The van der Waals surface area contributed by atoms with Crippen molar-refractivity contribution in [3.8, 4) is 0 Å². The number of allylic oxidation sites excluding steroid dienone is 7. The molecule has 0 aromatic heterocycles. The Bertz CT molecular complexity index is 835. The third kappa shape index (κ3) is 27.3. The first-order valence-electron chi connectivity index (χ1n) is 16.0. The Morgan fingerprint density at radius 2 is 1.40 bits per heavy atom. The van der Waals surface area contributed by atoms with E-state index in [1.54, 1.807) is 6.08 Å². The molecule has 0 rings (SSSR count). The average molecular weight is 613 g/mol. The zero-order valence-corrected chi connectivity index (χ0v) is 28.1. The summed E-state index contributed by atoms with van der Waals surface area (Å²) in [5.74, 6) is -0.231. The van der Waals surface area contributed by atoms with Crippen LogP contribution in [0.4, 0.5) is 0 Å². The zero-order chi connectivity index (χ0) is 31.5. The SMILES string of the molecule is CC/C=C/CC/C=C/CC/C=C/C(O)C(COP(=O)([O-])OCC[N+](C)(C)C)NC(=O)CCCCCCC/C=C\CCC. The van der Waals surface area contributed by atoms with Gasteiger partial charge in [-0.15, -0.1) is 0 Å². The molecule has 0 fully saturated rings. The number of unbranched alkanes of at least 4 members (excludes halogenated alkanes) is 8. The van der Waals surface area contributed by atoms with Crippen molar-refractivity contribution in [3.63, 3.8) is 0 Å². The van der Waals surface area contributed by atoms with Crippen LogP contribution >= 0.6 is 7.82 Å². The number of nitrogens with zero attached hydrogens (tertiary/aromatic N) is 1. The average Bonchev–Trinajstić information content (AvgIpc) is 2.92. The molecule has 0 aromatic carbocycles. The fraction of sp³-hybridized carbons (Fsp3) is 0.727. The molecule has 1 amide bonds. The number of aliphatic hydroxyl groups is 1. The van der Waals surface area contributed by atoms with Crippen molar-refractivity contribution in [1.82, 2.24) is 5.32 Å². The minimum Gasteiger partial charge on any atom is -0.756 e. The van der Waals surface area contributed by atoms with Crippen molar-refractivity contribution in [2.24, 2.45) is 0 Å². The van der Waals surface area contributed by atoms with Crippen LogP contribution in [-0.4, -0.2) is 68.5 Å². The van der Waals surface area contributed by atoms with Gasteiger partial charge in [-0.25, -0.2) is 0 Å². The molecule has 0 saturated heterocycles. The molecule has 3 unspecified atom stereocenters. The summed E-state index contributed by atoms with van der Waals surface area (Å²) in [5, 5.41) is 13.5. The number of carbonyl (C=O) groups is 1. The molecule has 0 aliphatic carbocycles. The first kappa shape index (κ1) is 40.5. The Balaban J connectivity index is 4.75. The molecule has 0 heterocycles. The first-order chi connectivity index (χ1) is 20.0. The van der Waals surface area contributed by atoms with Crippen LogP contribution in [0, 0.1) is 0 Å². The molecular weight excluding hydrogens is 551 g/mol. The summed E-state index contributed by atoms with van der Waals surface area (Å²) in [6.07, 6.45) is 28.9. The van der Waals surface area contributed by atoms with E-state index >= 15 is 0 Å². The third-order valence-electron chi connectivity index (χ3n) is 6.48. The van der Waals surface area contributed by atoms with E-state index in [-0.39, 0.29) is 12.5 Å². The second kappa shape index (κ2) is 25.9. The van der Waals surface area contributed by atoms with Gasteiger partial charge in [-0.2, -0.15) is 0 Å². The number of carbonyl (C=O) groups excluding carboxylic acids is 1. The fourth-order valence-electron chi connectivity index (χ4n) is 3.90. The Hall–Kier alpha value is -1.54. The van der Waals surface area contributed by atoms with Crippen molar-refractivity contribution in [3.05, 3.63) is 48.6 Å². The number of phosphoric acid groups is 1. The maximum absolute atomic E-state index is 12.6. The van der Waals surface area contributed by atoms with Crippen LogP contribution in [0.25, 0.3) is 0 Å². The molecule has 42 heavy (non-hydrogen) atoms. The number of nitrogens with one attached hydrogen (secondary N) is 1. The number of hydrogen-bond acceptors (Lipinski definition) is 6. The molecule has 244 valence electrons. The number of likely N-dealkylation sites (N-methyl/N-ethyl adjacent to an activating group) is 1. The smallest absolute Gasteiger partial charge is 0.268 e. The molecule has 0 radical (unpaired) electrons. The molecule has 9 heteroatoms. The highest BCUT2D eigenvalue weighted by Crippen LogP contribution is 2.38. The molecule has 0 bridgehead atoms. The fourth-order valence-corrected chi connectivity index (χ4v) is 4.62. The van der Waals surface area contributed by atoms with E-state index < -0.39 is 26.6 Å². The summed E-state index contributed by atoms with van der Waals surface area (Å²) in [4.78, 5) is 24.9. The molecular formula is C33H61N2O6P. The summed E-state index contributed by atoms with van der Waals surface area (Å²) < 4.78 is 22.9. The summed E-state index contributed by atoms with van der Waals surface area (Å²) >= 11 is 0. The van der Waals surface area contributed by atoms with Gasteiger partial charge >= 0.3 is 0 Å². The lowest BCUT2D eigenvalue weighted by Gasteiger charge is -2.29. The van der Waals surface area contributed by atoms with Gasteiger partial charge in [-0.3, -0.25) is 9.36 Å². The van der Waals surface area contributed by atoms with Gasteiger partial charge in [0.25, 0.3) is 7.82 Å². The first-order valence-corrected chi connectivity index (χ1v) is 17.5. The monoisotopic (exact) mass is 612 g/mol. The van der Waals surface area contributed by atoms with Crippen molar-refractivity contribution in [1.29, 1.82) is 0 Å². The number of hydrogen-bond donors (Lipinski definition) is 2. The van der Waals surface area contributed by atoms with Crippen LogP contribution in [0.5, 0.6) is 0 Å². The van der Waals surface area contributed by atoms with Crippen LogP contribution in [0.15, 0.2) is 48.6 Å². The van der Waals surface area contributed by atoms with Crippen molar-refractivity contribution in [2.75, 3.05) is 40.9 Å². The van der Waals surface area contributed by atoms with Gasteiger partial charge in [0.05, 0.1) is 39.9 Å². The molecule has 0 aliphatic heterocycles. The van der Waals surface area contributed by atoms with E-state index in [9.17, 15) is 19.4 Å². The van der Waals surface area contributed by atoms with Crippen molar-refractivity contribution in [2.45, 2.75) is 116 Å². The van der Waals surface area contributed by atoms with Gasteiger partial charge in [-0.05, 0) is 57.8 Å². The summed E-state index contributed by atoms with van der Waals surface area (Å²) in [5.41, 5.74) is 0. The van der Waals surface area contributed by atoms with E-state index in [2.05, 4.69) is 55.6 Å². The standard InChI is InChI=1S/C33H61N2O6P/c1-6-8-10-12-14-16-18-20-22-24-26-32(36)31(30-41-42(38,39)40-29-28-35(3,4)5)34-33(37)27-25-23-21-19-17-15-13-11-9-7-2/h8,10-11,13,16,18,24,26,31-32,36H,6-7,9,12,14-15,17,19-23,25,27-30H2,1-5H3,(H-,34,37,38,39)/b10-8+,13-11-,18-16+,26-24+. The van der Waals surface area contributed by atoms with Crippen LogP contribution < -0.4 is 10.2 Å². The number of phosphoric ester groups is 1. The maximum Gasteiger partial charge on any atom is 0.268 e. The van der Waals surface area contributed by atoms with Gasteiger partial charge in [0.2, 0.25) is 5.91 Å². The van der Waals surface area contributed by atoms with E-state index in [1.165, 1.54) is 6.42 Å². The van der Waals surface area contributed by atoms with E-state index in [0.717, 1.165) is 77.0 Å². The minimum atomic E-state index is -4.58. The lowest BCUT2D eigenvalue weighted by molar-refractivity contribution is -0.870. The van der Waals surface area contributed by atoms with Gasteiger partial charge in [-0.1, -0.05) is 88.1 Å². The van der Waals surface area contributed by atoms with Crippen LogP contribution in [-0.2, 0) is 18.4 Å². The normalized spacial score (nSPS) is 15.7. The highest BCUT2D eigenvalue weighted by atomic mass is 31.2. The summed E-state index contributed by atoms with van der Waals surface area (Å²) in [7, 11) is 1.21. The second-order valence-electron chi connectivity index (χ2n) is 11.8. The lowest BCUT2D eigenvalue weighted by Crippen LogP contribution is -2.45. The summed E-state index contributed by atoms with van der Waals surface area (Å²) in [6, 6.07) is -0.908. The van der Waals surface area contributed by atoms with Crippen molar-refractivity contribution >= 4 is 13.7 Å². The Morgan fingerprint density at radius 1 is 0.833 bits per heavy atom. The summed E-state index contributed by atoms with van der Waals surface area (Å²) in [6.45, 7) is 4.36. The van der Waals surface area contributed by atoms with Gasteiger partial charge in [0.15, 0.2) is 0 Å². The van der Waals surface area contributed by atoms with Crippen molar-refractivity contribution < 1.29 is 32.9 Å². The van der Waals surface area contributed by atoms with Crippen LogP contribution in [0.1, 0.15) is 104 Å². The van der Waals surface area contributed by atoms with E-state index in [0.29, 0.717) is 17.4 Å². The van der Waals surface area contributed by atoms with Gasteiger partial charge in [0, 0.05) is 6.42 Å². The predicted octanol–water partition coefficient (Wildman–Crippen LogP) is 6.77. The topological polar surface area (TPSA) is 108 Å². The van der Waals surface area contributed by atoms with E-state index in [4.69, 9.17) is 9.05 Å². The Labute approximate surface area is 257 Å². The number of aliphatic hydroxyl groups excluding tert-OH is 1. The maximum atomic E-state index is 12.6. The Kier molecular flexibility index (Phi) is 25.0. The predicted molar refractivity (Wildman–Crippen MR) is 173 cm³/mol. The van der Waals surface area contributed by atoms with Gasteiger partial charge < -0.3 is 28.8 Å². The van der Waals surface area contributed by atoms with Crippen LogP contribution in [0.3, 0.4) is 0 Å². The Morgan fingerprint density at radius 3 is 2.05 bits per heavy atom. The largest absolute Gasteiger partial charge is 0.756 e. The zero-order valence-electron chi connectivity index (χ0n) is 27.2. The second-order valence-corrected chi connectivity index (χ2v) is 13.2. The molecule has 0 aliphatic rings. The van der Waals surface area contributed by atoms with E-state index in [1.807, 2.05) is 27.2 Å². The molecule has 0 aromatic rings.